The highest BCUT2D eigenvalue weighted by molar-refractivity contribution is 5.26. The summed E-state index contributed by atoms with van der Waals surface area (Å²) in [7, 11) is 0. The van der Waals surface area contributed by atoms with E-state index in [9.17, 15) is 10.2 Å². The highest BCUT2D eigenvalue weighted by atomic mass is 16.3. The van der Waals surface area contributed by atoms with Crippen LogP contribution in [0.25, 0.3) is 0 Å². The van der Waals surface area contributed by atoms with Gasteiger partial charge < -0.3 is 10.2 Å². The van der Waals surface area contributed by atoms with Crippen molar-refractivity contribution in [1.29, 1.82) is 0 Å². The molecule has 23 heavy (non-hydrogen) atoms. The van der Waals surface area contributed by atoms with Crippen LogP contribution < -0.4 is 0 Å². The van der Waals surface area contributed by atoms with Gasteiger partial charge in [0.25, 0.3) is 0 Å². The van der Waals surface area contributed by atoms with Gasteiger partial charge in [0.2, 0.25) is 0 Å². The minimum absolute atomic E-state index is 0.114. The topological polar surface area (TPSA) is 40.5 Å². The molecule has 0 unspecified atom stereocenters. The van der Waals surface area contributed by atoms with E-state index < -0.39 is 5.60 Å². The molecule has 2 nitrogen and oxygen atoms in total. The standard InChI is InChI=1S/C21H34O2/c1-4-21(23)12-9-18-16-6-5-14-13-15(22)7-10-19(14,2)17(16)8-11-20(18,21)3/h5,15-18,22-23H,4,6-13H2,1-3H3/t15-,16-,17+,18+,19-,20-,21-/m0/s1. The number of rotatable bonds is 1. The fraction of sp³-hybridized carbons (Fsp3) is 0.905. The molecular weight excluding hydrogens is 284 g/mol. The molecule has 0 amide bonds. The molecule has 0 radical (unpaired) electrons. The first-order valence-corrected chi connectivity index (χ1v) is 9.94. The Bertz CT molecular complexity index is 526. The average molecular weight is 319 g/mol. The number of hydrogen-bond donors (Lipinski definition) is 2. The van der Waals surface area contributed by atoms with E-state index in [-0.39, 0.29) is 11.5 Å². The van der Waals surface area contributed by atoms with E-state index in [0.29, 0.717) is 11.3 Å². The Balaban J connectivity index is 1.68. The summed E-state index contributed by atoms with van der Waals surface area (Å²) in [4.78, 5) is 0. The average Bonchev–Trinajstić information content (AvgIpc) is 2.80. The normalized spacial score (nSPS) is 55.6. The molecule has 0 heterocycles. The number of aliphatic hydroxyl groups excluding tert-OH is 1. The Kier molecular flexibility index (Phi) is 3.57. The lowest BCUT2D eigenvalue weighted by molar-refractivity contribution is -0.125. The van der Waals surface area contributed by atoms with Crippen LogP contribution in [-0.2, 0) is 0 Å². The van der Waals surface area contributed by atoms with E-state index >= 15 is 0 Å². The van der Waals surface area contributed by atoms with E-state index in [4.69, 9.17) is 0 Å². The first-order chi connectivity index (χ1) is 10.8. The molecule has 4 aliphatic carbocycles. The van der Waals surface area contributed by atoms with Gasteiger partial charge in [-0.2, -0.15) is 0 Å². The molecule has 2 heteroatoms. The van der Waals surface area contributed by atoms with Crippen LogP contribution in [0, 0.1) is 28.6 Å². The number of hydrogen-bond acceptors (Lipinski definition) is 2. The second-order valence-corrected chi connectivity index (χ2v) is 9.54. The zero-order valence-corrected chi connectivity index (χ0v) is 15.1. The third-order valence-electron chi connectivity index (χ3n) is 8.98. The van der Waals surface area contributed by atoms with Crippen molar-refractivity contribution >= 4 is 0 Å². The second-order valence-electron chi connectivity index (χ2n) is 9.54. The third-order valence-corrected chi connectivity index (χ3v) is 8.98. The Hall–Kier alpha value is -0.340. The van der Waals surface area contributed by atoms with Gasteiger partial charge in [-0.3, -0.25) is 0 Å². The van der Waals surface area contributed by atoms with Crippen LogP contribution >= 0.6 is 0 Å². The molecule has 0 spiro atoms. The summed E-state index contributed by atoms with van der Waals surface area (Å²) in [5.74, 6) is 2.21. The zero-order chi connectivity index (χ0) is 16.5. The largest absolute Gasteiger partial charge is 0.393 e. The van der Waals surface area contributed by atoms with Gasteiger partial charge in [-0.05, 0) is 86.4 Å². The summed E-state index contributed by atoms with van der Waals surface area (Å²) >= 11 is 0. The molecule has 3 saturated carbocycles. The Labute approximate surface area is 141 Å². The Morgan fingerprint density at radius 2 is 1.83 bits per heavy atom. The highest BCUT2D eigenvalue weighted by Crippen LogP contribution is 2.67. The molecule has 0 aliphatic heterocycles. The van der Waals surface area contributed by atoms with Gasteiger partial charge in [0.15, 0.2) is 0 Å². The minimum atomic E-state index is -0.434. The van der Waals surface area contributed by atoms with Crippen molar-refractivity contribution < 1.29 is 10.2 Å². The molecule has 2 N–H and O–H groups in total. The fourth-order valence-corrected chi connectivity index (χ4v) is 7.33. The van der Waals surface area contributed by atoms with Crippen molar-refractivity contribution in [3.05, 3.63) is 11.6 Å². The van der Waals surface area contributed by atoms with Gasteiger partial charge in [0.1, 0.15) is 0 Å². The lowest BCUT2D eigenvalue weighted by Gasteiger charge is -2.59. The molecular formula is C21H34O2. The fourth-order valence-electron chi connectivity index (χ4n) is 7.33. The maximum Gasteiger partial charge on any atom is 0.0701 e. The van der Waals surface area contributed by atoms with Gasteiger partial charge in [-0.25, -0.2) is 0 Å². The molecule has 0 saturated heterocycles. The van der Waals surface area contributed by atoms with Gasteiger partial charge in [0, 0.05) is 0 Å². The zero-order valence-electron chi connectivity index (χ0n) is 15.1. The number of allylic oxidation sites excluding steroid dienone is 1. The number of aliphatic hydroxyl groups is 2. The van der Waals surface area contributed by atoms with Crippen LogP contribution in [-0.4, -0.2) is 21.9 Å². The summed E-state index contributed by atoms with van der Waals surface area (Å²) in [6, 6.07) is 0. The maximum atomic E-state index is 11.2. The molecule has 4 aliphatic rings. The molecule has 3 fully saturated rings. The molecule has 0 aromatic carbocycles. The molecule has 0 aromatic rings. The van der Waals surface area contributed by atoms with E-state index in [1.807, 2.05) is 0 Å². The van der Waals surface area contributed by atoms with Crippen LogP contribution in [0.3, 0.4) is 0 Å². The van der Waals surface area contributed by atoms with Gasteiger partial charge in [0.05, 0.1) is 11.7 Å². The monoisotopic (exact) mass is 318 g/mol. The van der Waals surface area contributed by atoms with Crippen LogP contribution in [0.15, 0.2) is 11.6 Å². The summed E-state index contributed by atoms with van der Waals surface area (Å²) in [6.45, 7) is 7.03. The smallest absolute Gasteiger partial charge is 0.0701 e. The molecule has 4 rings (SSSR count). The van der Waals surface area contributed by atoms with E-state index in [1.165, 1.54) is 25.7 Å². The van der Waals surface area contributed by atoms with Crippen molar-refractivity contribution in [2.75, 3.05) is 0 Å². The number of fused-ring (bicyclic) bond motifs is 5. The molecule has 0 aromatic heterocycles. The molecule has 130 valence electrons. The van der Waals surface area contributed by atoms with Crippen LogP contribution in [0.1, 0.15) is 78.6 Å². The predicted molar refractivity (Wildman–Crippen MR) is 93.0 cm³/mol. The van der Waals surface area contributed by atoms with Crippen LogP contribution in [0.2, 0.25) is 0 Å². The van der Waals surface area contributed by atoms with Crippen molar-refractivity contribution in [2.45, 2.75) is 90.3 Å². The first kappa shape index (κ1) is 16.1. The highest BCUT2D eigenvalue weighted by Gasteiger charge is 2.62. The maximum absolute atomic E-state index is 11.2. The quantitative estimate of drug-likeness (QED) is 0.701. The van der Waals surface area contributed by atoms with Gasteiger partial charge in [-0.15, -0.1) is 0 Å². The summed E-state index contributed by atoms with van der Waals surface area (Å²) in [6.07, 6.45) is 12.2. The minimum Gasteiger partial charge on any atom is -0.393 e. The second kappa shape index (κ2) is 5.08. The Morgan fingerprint density at radius 1 is 1.09 bits per heavy atom. The van der Waals surface area contributed by atoms with E-state index in [0.717, 1.165) is 43.9 Å². The van der Waals surface area contributed by atoms with Crippen LogP contribution in [0.4, 0.5) is 0 Å². The van der Waals surface area contributed by atoms with Gasteiger partial charge >= 0.3 is 0 Å². The third kappa shape index (κ3) is 2.00. The van der Waals surface area contributed by atoms with Crippen molar-refractivity contribution in [3.63, 3.8) is 0 Å². The molecule has 7 atom stereocenters. The van der Waals surface area contributed by atoms with E-state index in [1.54, 1.807) is 5.57 Å². The lowest BCUT2D eigenvalue weighted by Crippen LogP contribution is -2.54. The Morgan fingerprint density at radius 3 is 2.57 bits per heavy atom. The summed E-state index contributed by atoms with van der Waals surface area (Å²) in [5, 5.41) is 21.3. The van der Waals surface area contributed by atoms with E-state index in [2.05, 4.69) is 26.8 Å². The lowest BCUT2D eigenvalue weighted by atomic mass is 9.47. The summed E-state index contributed by atoms with van der Waals surface area (Å²) in [5.41, 5.74) is 1.55. The van der Waals surface area contributed by atoms with Crippen molar-refractivity contribution in [2.24, 2.45) is 28.6 Å². The van der Waals surface area contributed by atoms with Crippen molar-refractivity contribution in [3.8, 4) is 0 Å². The molecule has 0 bridgehead atoms. The SMILES string of the molecule is CC[C@]1(O)CC[C@@H]2[C@H]3CC=C4C[C@@H](O)CC[C@]4(C)[C@@H]3CC[C@@]21C. The van der Waals surface area contributed by atoms with Gasteiger partial charge in [-0.1, -0.05) is 32.4 Å². The first-order valence-electron chi connectivity index (χ1n) is 9.94. The van der Waals surface area contributed by atoms with Crippen LogP contribution in [0.5, 0.6) is 0 Å². The van der Waals surface area contributed by atoms with Crippen molar-refractivity contribution in [1.82, 2.24) is 0 Å². The predicted octanol–water partition coefficient (Wildman–Crippen LogP) is 4.45. The summed E-state index contributed by atoms with van der Waals surface area (Å²) < 4.78 is 0.